The molecular weight excluding hydrogens is 273 g/mol. The number of halogens is 2. The van der Waals surface area contributed by atoms with Crippen molar-refractivity contribution in [1.82, 2.24) is 0 Å². The van der Waals surface area contributed by atoms with Crippen LogP contribution in [0.3, 0.4) is 0 Å². The van der Waals surface area contributed by atoms with Gasteiger partial charge in [-0.25, -0.2) is 4.39 Å². The van der Waals surface area contributed by atoms with Gasteiger partial charge in [-0.3, -0.25) is 0 Å². The smallest absolute Gasteiger partial charge is 0.128 e. The minimum Gasteiger partial charge on any atom is -0.373 e. The van der Waals surface area contributed by atoms with E-state index in [-0.39, 0.29) is 24.1 Å². The highest BCUT2D eigenvalue weighted by atomic mass is 79.9. The molecule has 1 aromatic carbocycles. The summed E-state index contributed by atoms with van der Waals surface area (Å²) in [4.78, 5) is 0. The quantitative estimate of drug-likeness (QED) is 0.907. The van der Waals surface area contributed by atoms with Crippen molar-refractivity contribution in [3.8, 4) is 0 Å². The highest BCUT2D eigenvalue weighted by Gasteiger charge is 2.29. The minimum absolute atomic E-state index is 0.0706. The predicted octanol–water partition coefficient (Wildman–Crippen LogP) is 3.16. The van der Waals surface area contributed by atoms with Crippen LogP contribution in [0.5, 0.6) is 0 Å². The van der Waals surface area contributed by atoms with Crippen molar-refractivity contribution in [3.05, 3.63) is 34.1 Å². The average molecular weight is 288 g/mol. The molecule has 0 saturated carbocycles. The fraction of sp³-hybridized carbons (Fsp3) is 0.500. The zero-order valence-electron chi connectivity index (χ0n) is 9.12. The molecule has 1 heterocycles. The van der Waals surface area contributed by atoms with E-state index in [9.17, 15) is 4.39 Å². The minimum atomic E-state index is -0.387. The second-order valence-corrected chi connectivity index (χ2v) is 5.17. The third-order valence-corrected chi connectivity index (χ3v) is 3.48. The summed E-state index contributed by atoms with van der Waals surface area (Å²) < 4.78 is 20.1. The first-order valence-corrected chi connectivity index (χ1v) is 6.23. The number of hydrogen-bond acceptors (Lipinski definition) is 2. The van der Waals surface area contributed by atoms with Crippen molar-refractivity contribution < 1.29 is 9.13 Å². The van der Waals surface area contributed by atoms with E-state index in [0.29, 0.717) is 5.56 Å². The van der Waals surface area contributed by atoms with Crippen LogP contribution in [-0.2, 0) is 4.74 Å². The van der Waals surface area contributed by atoms with Gasteiger partial charge in [0.25, 0.3) is 0 Å². The van der Waals surface area contributed by atoms with Crippen molar-refractivity contribution in [2.45, 2.75) is 38.0 Å². The monoisotopic (exact) mass is 287 g/mol. The molecule has 0 bridgehead atoms. The Labute approximate surface area is 103 Å². The van der Waals surface area contributed by atoms with Gasteiger partial charge in [0.15, 0.2) is 0 Å². The molecule has 1 aromatic rings. The Morgan fingerprint density at radius 1 is 1.50 bits per heavy atom. The highest BCUT2D eigenvalue weighted by molar-refractivity contribution is 9.10. The van der Waals surface area contributed by atoms with Crippen molar-refractivity contribution in [2.24, 2.45) is 5.73 Å². The molecule has 3 atom stereocenters. The van der Waals surface area contributed by atoms with Crippen molar-refractivity contribution in [1.29, 1.82) is 0 Å². The van der Waals surface area contributed by atoms with Gasteiger partial charge < -0.3 is 10.5 Å². The molecule has 1 aliphatic heterocycles. The number of benzene rings is 1. The van der Waals surface area contributed by atoms with Crippen molar-refractivity contribution in [2.75, 3.05) is 0 Å². The Hall–Kier alpha value is -0.450. The molecule has 1 saturated heterocycles. The van der Waals surface area contributed by atoms with Gasteiger partial charge in [-0.2, -0.15) is 0 Å². The van der Waals surface area contributed by atoms with Gasteiger partial charge in [0.1, 0.15) is 5.82 Å². The second-order valence-electron chi connectivity index (χ2n) is 4.25. The van der Waals surface area contributed by atoms with Gasteiger partial charge >= 0.3 is 0 Å². The summed E-state index contributed by atoms with van der Waals surface area (Å²) in [6, 6.07) is 4.44. The Kier molecular flexibility index (Phi) is 3.62. The first kappa shape index (κ1) is 12.0. The standard InChI is InChI=1S/C12H15BrFNO/c1-7-2-5-11(16-7)12(15)9-6-8(13)3-4-10(9)14/h3-4,6-7,11-12H,2,5,15H2,1H3. The predicted molar refractivity (Wildman–Crippen MR) is 64.6 cm³/mol. The van der Waals surface area contributed by atoms with Crippen molar-refractivity contribution in [3.63, 3.8) is 0 Å². The second kappa shape index (κ2) is 4.82. The molecule has 0 aliphatic carbocycles. The molecular formula is C12H15BrFNO. The molecule has 0 aromatic heterocycles. The van der Waals surface area contributed by atoms with E-state index in [1.807, 2.05) is 6.92 Å². The van der Waals surface area contributed by atoms with E-state index in [2.05, 4.69) is 15.9 Å². The SMILES string of the molecule is CC1CCC(C(N)c2cc(Br)ccc2F)O1. The van der Waals surface area contributed by atoms with E-state index in [4.69, 9.17) is 10.5 Å². The largest absolute Gasteiger partial charge is 0.373 e. The lowest BCUT2D eigenvalue weighted by Crippen LogP contribution is -2.27. The molecule has 0 radical (unpaired) electrons. The number of hydrogen-bond donors (Lipinski definition) is 1. The van der Waals surface area contributed by atoms with Crippen LogP contribution in [-0.4, -0.2) is 12.2 Å². The average Bonchev–Trinajstić information content (AvgIpc) is 2.67. The molecule has 2 N–H and O–H groups in total. The maximum Gasteiger partial charge on any atom is 0.128 e. The summed E-state index contributed by atoms with van der Waals surface area (Å²) in [6.07, 6.45) is 2.05. The van der Waals surface area contributed by atoms with Crippen LogP contribution in [0, 0.1) is 5.82 Å². The Balaban J connectivity index is 2.20. The van der Waals surface area contributed by atoms with E-state index in [1.165, 1.54) is 6.07 Å². The van der Waals surface area contributed by atoms with Crippen LogP contribution in [0.25, 0.3) is 0 Å². The summed E-state index contributed by atoms with van der Waals surface area (Å²) >= 11 is 3.32. The zero-order valence-corrected chi connectivity index (χ0v) is 10.7. The number of rotatable bonds is 2. The van der Waals surface area contributed by atoms with Crippen LogP contribution < -0.4 is 5.73 Å². The van der Waals surface area contributed by atoms with Gasteiger partial charge in [0, 0.05) is 10.0 Å². The topological polar surface area (TPSA) is 35.2 Å². The molecule has 2 nitrogen and oxygen atoms in total. The third-order valence-electron chi connectivity index (χ3n) is 2.98. The van der Waals surface area contributed by atoms with Crippen LogP contribution in [0.2, 0.25) is 0 Å². The fourth-order valence-electron chi connectivity index (χ4n) is 2.07. The fourth-order valence-corrected chi connectivity index (χ4v) is 2.45. The molecule has 1 fully saturated rings. The lowest BCUT2D eigenvalue weighted by molar-refractivity contribution is 0.0394. The molecule has 3 unspecified atom stereocenters. The zero-order chi connectivity index (χ0) is 11.7. The third kappa shape index (κ3) is 2.44. The van der Waals surface area contributed by atoms with Crippen molar-refractivity contribution >= 4 is 15.9 Å². The maximum absolute atomic E-state index is 13.6. The molecule has 1 aliphatic rings. The van der Waals surface area contributed by atoms with Gasteiger partial charge in [-0.1, -0.05) is 15.9 Å². The van der Waals surface area contributed by atoms with Gasteiger partial charge in [-0.05, 0) is 38.0 Å². The highest BCUT2D eigenvalue weighted by Crippen LogP contribution is 2.30. The Morgan fingerprint density at radius 3 is 2.88 bits per heavy atom. The first-order valence-electron chi connectivity index (χ1n) is 5.44. The molecule has 88 valence electrons. The van der Waals surface area contributed by atoms with Crippen LogP contribution in [0.1, 0.15) is 31.4 Å². The summed E-state index contributed by atoms with van der Waals surface area (Å²) in [7, 11) is 0. The maximum atomic E-state index is 13.6. The van der Waals surface area contributed by atoms with Gasteiger partial charge in [-0.15, -0.1) is 0 Å². The van der Waals surface area contributed by atoms with E-state index >= 15 is 0 Å². The molecule has 16 heavy (non-hydrogen) atoms. The summed E-state index contributed by atoms with van der Waals surface area (Å²) in [5.41, 5.74) is 6.57. The lowest BCUT2D eigenvalue weighted by Gasteiger charge is -2.20. The van der Waals surface area contributed by atoms with Crippen LogP contribution >= 0.6 is 15.9 Å². The van der Waals surface area contributed by atoms with E-state index in [1.54, 1.807) is 12.1 Å². The summed E-state index contributed by atoms with van der Waals surface area (Å²) in [6.45, 7) is 2.02. The molecule has 0 amide bonds. The summed E-state index contributed by atoms with van der Waals surface area (Å²) in [5, 5.41) is 0. The summed E-state index contributed by atoms with van der Waals surface area (Å²) in [5.74, 6) is -0.265. The first-order chi connectivity index (χ1) is 7.58. The van der Waals surface area contributed by atoms with E-state index < -0.39 is 0 Å². The Morgan fingerprint density at radius 2 is 2.25 bits per heavy atom. The van der Waals surface area contributed by atoms with Crippen LogP contribution in [0.4, 0.5) is 4.39 Å². The normalized spacial score (nSPS) is 27.0. The van der Waals surface area contributed by atoms with Gasteiger partial charge in [0.2, 0.25) is 0 Å². The Bertz CT molecular complexity index is 385. The number of nitrogens with two attached hydrogens (primary N) is 1. The lowest BCUT2D eigenvalue weighted by atomic mass is 10.00. The van der Waals surface area contributed by atoms with Gasteiger partial charge in [0.05, 0.1) is 18.2 Å². The van der Waals surface area contributed by atoms with Crippen LogP contribution in [0.15, 0.2) is 22.7 Å². The molecule has 2 rings (SSSR count). The molecule has 0 spiro atoms. The number of ether oxygens (including phenoxy) is 1. The molecule has 4 heteroatoms. The van der Waals surface area contributed by atoms with E-state index in [0.717, 1.165) is 17.3 Å².